The van der Waals surface area contributed by atoms with Crippen LogP contribution in [0.5, 0.6) is 0 Å². The summed E-state index contributed by atoms with van der Waals surface area (Å²) in [4.78, 5) is 8.46. The second-order valence-electron chi connectivity index (χ2n) is 5.47. The van der Waals surface area contributed by atoms with Crippen LogP contribution in [0.25, 0.3) is 16.9 Å². The highest BCUT2D eigenvalue weighted by Crippen LogP contribution is 2.21. The maximum Gasteiger partial charge on any atom is 0.139 e. The first-order chi connectivity index (χ1) is 12.3. The monoisotopic (exact) mass is 331 g/mol. The summed E-state index contributed by atoms with van der Waals surface area (Å²) in [5.41, 5.74) is 7.26. The summed E-state index contributed by atoms with van der Waals surface area (Å²) in [5, 5.41) is 4.19. The van der Waals surface area contributed by atoms with Crippen molar-refractivity contribution in [1.82, 2.24) is 14.4 Å². The van der Waals surface area contributed by atoms with Crippen LogP contribution in [-0.4, -0.2) is 20.6 Å². The molecule has 1 aromatic carbocycles. The molecule has 0 fully saturated rings. The first-order valence-corrected chi connectivity index (χ1v) is 7.72. The van der Waals surface area contributed by atoms with Crippen molar-refractivity contribution in [2.45, 2.75) is 0 Å². The Morgan fingerprint density at radius 3 is 2.56 bits per heavy atom. The Kier molecular flexibility index (Phi) is 3.92. The zero-order valence-corrected chi connectivity index (χ0v) is 13.2. The molecule has 0 aliphatic rings. The average molecular weight is 331 g/mol. The Labute approximate surface area is 143 Å². The third-order valence-electron chi connectivity index (χ3n) is 3.71. The predicted octanol–water partition coefficient (Wildman–Crippen LogP) is 3.98. The van der Waals surface area contributed by atoms with Gasteiger partial charge in [-0.3, -0.25) is 10.4 Å². The third-order valence-corrected chi connectivity index (χ3v) is 3.71. The van der Waals surface area contributed by atoms with Crippen LogP contribution in [-0.2, 0) is 0 Å². The number of halogens is 1. The molecule has 0 bridgehead atoms. The van der Waals surface area contributed by atoms with E-state index in [0.29, 0.717) is 5.65 Å². The first-order valence-electron chi connectivity index (χ1n) is 7.72. The van der Waals surface area contributed by atoms with E-state index in [9.17, 15) is 4.39 Å². The molecular formula is C19H14FN5. The molecular weight excluding hydrogens is 317 g/mol. The SMILES string of the molecule is Fc1ccc2nc(-c3ccc(N/N=C/c4ccncc4)cc3)cn2c1. The zero-order chi connectivity index (χ0) is 17.1. The number of pyridine rings is 2. The number of nitrogens with one attached hydrogen (secondary N) is 1. The highest BCUT2D eigenvalue weighted by atomic mass is 19.1. The number of hydrazone groups is 1. The molecule has 0 spiro atoms. The smallest absolute Gasteiger partial charge is 0.139 e. The van der Waals surface area contributed by atoms with Gasteiger partial charge in [-0.25, -0.2) is 9.37 Å². The molecule has 1 N–H and O–H groups in total. The molecule has 0 aliphatic carbocycles. The van der Waals surface area contributed by atoms with Gasteiger partial charge in [0.1, 0.15) is 11.5 Å². The number of fused-ring (bicyclic) bond motifs is 1. The van der Waals surface area contributed by atoms with Crippen molar-refractivity contribution in [3.63, 3.8) is 0 Å². The molecule has 4 rings (SSSR count). The highest BCUT2D eigenvalue weighted by Gasteiger charge is 2.05. The predicted molar refractivity (Wildman–Crippen MR) is 96.0 cm³/mol. The topological polar surface area (TPSA) is 54.6 Å². The van der Waals surface area contributed by atoms with E-state index in [1.54, 1.807) is 29.1 Å². The van der Waals surface area contributed by atoms with Crippen molar-refractivity contribution in [3.8, 4) is 11.3 Å². The number of hydrogen-bond donors (Lipinski definition) is 1. The summed E-state index contributed by atoms with van der Waals surface area (Å²) in [6.45, 7) is 0. The maximum absolute atomic E-state index is 13.3. The van der Waals surface area contributed by atoms with E-state index in [2.05, 4.69) is 20.5 Å². The molecule has 5 nitrogen and oxygen atoms in total. The highest BCUT2D eigenvalue weighted by molar-refractivity contribution is 5.79. The molecule has 0 radical (unpaired) electrons. The average Bonchev–Trinajstić information content (AvgIpc) is 3.06. The Hall–Kier alpha value is -3.54. The number of nitrogens with zero attached hydrogens (tertiary/aromatic N) is 4. The van der Waals surface area contributed by atoms with E-state index in [1.807, 2.05) is 42.6 Å². The summed E-state index contributed by atoms with van der Waals surface area (Å²) >= 11 is 0. The summed E-state index contributed by atoms with van der Waals surface area (Å²) in [6.07, 6.45) is 8.39. The van der Waals surface area contributed by atoms with Crippen molar-refractivity contribution >= 4 is 17.5 Å². The minimum absolute atomic E-state index is 0.289. The minimum Gasteiger partial charge on any atom is -0.304 e. The van der Waals surface area contributed by atoms with Gasteiger partial charge in [-0.15, -0.1) is 0 Å². The van der Waals surface area contributed by atoms with Crippen LogP contribution >= 0.6 is 0 Å². The van der Waals surface area contributed by atoms with Gasteiger partial charge in [0.15, 0.2) is 0 Å². The minimum atomic E-state index is -0.289. The Morgan fingerprint density at radius 1 is 0.960 bits per heavy atom. The van der Waals surface area contributed by atoms with Gasteiger partial charge in [-0.1, -0.05) is 12.1 Å². The fourth-order valence-electron chi connectivity index (χ4n) is 2.45. The summed E-state index contributed by atoms with van der Waals surface area (Å²) in [5.74, 6) is -0.289. The Morgan fingerprint density at radius 2 is 1.76 bits per heavy atom. The summed E-state index contributed by atoms with van der Waals surface area (Å²) in [6, 6.07) is 14.5. The van der Waals surface area contributed by atoms with E-state index in [0.717, 1.165) is 22.5 Å². The fraction of sp³-hybridized carbons (Fsp3) is 0. The van der Waals surface area contributed by atoms with Crippen LogP contribution in [0.15, 0.2) is 78.4 Å². The molecule has 25 heavy (non-hydrogen) atoms. The molecule has 6 heteroatoms. The molecule has 4 aromatic rings. The molecule has 0 aliphatic heterocycles. The quantitative estimate of drug-likeness (QED) is 0.454. The number of anilines is 1. The van der Waals surface area contributed by atoms with E-state index >= 15 is 0 Å². The van der Waals surface area contributed by atoms with E-state index in [-0.39, 0.29) is 5.82 Å². The zero-order valence-electron chi connectivity index (χ0n) is 13.2. The van der Waals surface area contributed by atoms with Crippen LogP contribution in [0.3, 0.4) is 0 Å². The molecule has 0 unspecified atom stereocenters. The number of benzene rings is 1. The van der Waals surface area contributed by atoms with Gasteiger partial charge in [0.2, 0.25) is 0 Å². The molecule has 0 saturated carbocycles. The normalized spacial score (nSPS) is 11.2. The van der Waals surface area contributed by atoms with Gasteiger partial charge in [0.25, 0.3) is 0 Å². The summed E-state index contributed by atoms with van der Waals surface area (Å²) in [7, 11) is 0. The molecule has 3 heterocycles. The van der Waals surface area contributed by atoms with Crippen LogP contribution in [0.1, 0.15) is 5.56 Å². The summed E-state index contributed by atoms with van der Waals surface area (Å²) < 4.78 is 14.9. The van der Waals surface area contributed by atoms with Crippen molar-refractivity contribution in [2.75, 3.05) is 5.43 Å². The number of aromatic nitrogens is 3. The van der Waals surface area contributed by atoms with Crippen LogP contribution in [0, 0.1) is 5.82 Å². The fourth-order valence-corrected chi connectivity index (χ4v) is 2.45. The number of hydrogen-bond acceptors (Lipinski definition) is 4. The van der Waals surface area contributed by atoms with Crippen molar-refractivity contribution in [1.29, 1.82) is 0 Å². The molecule has 122 valence electrons. The third kappa shape index (κ3) is 3.37. The van der Waals surface area contributed by atoms with Gasteiger partial charge in [0, 0.05) is 30.4 Å². The van der Waals surface area contributed by atoms with Crippen LogP contribution < -0.4 is 5.43 Å². The van der Waals surface area contributed by atoms with Gasteiger partial charge < -0.3 is 4.40 Å². The van der Waals surface area contributed by atoms with E-state index in [4.69, 9.17) is 0 Å². The lowest BCUT2D eigenvalue weighted by Crippen LogP contribution is -1.90. The lowest BCUT2D eigenvalue weighted by molar-refractivity contribution is 0.619. The molecule has 3 aromatic heterocycles. The van der Waals surface area contributed by atoms with E-state index < -0.39 is 0 Å². The van der Waals surface area contributed by atoms with E-state index in [1.165, 1.54) is 12.3 Å². The maximum atomic E-state index is 13.3. The second-order valence-corrected chi connectivity index (χ2v) is 5.47. The largest absolute Gasteiger partial charge is 0.304 e. The van der Waals surface area contributed by atoms with Crippen LogP contribution in [0.2, 0.25) is 0 Å². The van der Waals surface area contributed by atoms with Crippen LogP contribution in [0.4, 0.5) is 10.1 Å². The number of rotatable bonds is 4. The van der Waals surface area contributed by atoms with Crippen molar-refractivity contribution < 1.29 is 4.39 Å². The van der Waals surface area contributed by atoms with Gasteiger partial charge in [-0.05, 0) is 42.0 Å². The molecule has 0 amide bonds. The lowest BCUT2D eigenvalue weighted by Gasteiger charge is -2.01. The van der Waals surface area contributed by atoms with Gasteiger partial charge in [0.05, 0.1) is 17.6 Å². The Bertz CT molecular complexity index is 1020. The molecule has 0 atom stereocenters. The Balaban J connectivity index is 1.50. The first kappa shape index (κ1) is 15.0. The molecule has 0 saturated heterocycles. The van der Waals surface area contributed by atoms with Gasteiger partial charge in [-0.2, -0.15) is 5.10 Å². The standard InChI is InChI=1S/C19H14FN5/c20-16-3-6-19-23-18(13-25(19)12-16)15-1-4-17(5-2-15)24-22-11-14-7-9-21-10-8-14/h1-13,24H/b22-11+. The second kappa shape index (κ2) is 6.52. The number of imidazole rings is 1. The van der Waals surface area contributed by atoms with Crippen molar-refractivity contribution in [2.24, 2.45) is 5.10 Å². The van der Waals surface area contributed by atoms with Gasteiger partial charge >= 0.3 is 0 Å². The lowest BCUT2D eigenvalue weighted by atomic mass is 10.1. The van der Waals surface area contributed by atoms with Crippen molar-refractivity contribution in [3.05, 3.63) is 84.7 Å².